The molecule has 1 rings (SSSR count). The van der Waals surface area contributed by atoms with Gasteiger partial charge in [-0.05, 0) is 36.5 Å². The van der Waals surface area contributed by atoms with Gasteiger partial charge in [-0.2, -0.15) is 0 Å². The van der Waals surface area contributed by atoms with E-state index in [9.17, 15) is 0 Å². The molecule has 0 aromatic heterocycles. The maximum absolute atomic E-state index is 6.06. The summed E-state index contributed by atoms with van der Waals surface area (Å²) in [4.78, 5) is 0. The van der Waals surface area contributed by atoms with Gasteiger partial charge in [-0.15, -0.1) is 0 Å². The van der Waals surface area contributed by atoms with E-state index in [0.29, 0.717) is 0 Å². The highest BCUT2D eigenvalue weighted by atomic mass is 79.9. The molecule has 1 unspecified atom stereocenters. The van der Waals surface area contributed by atoms with E-state index >= 15 is 0 Å². The molecule has 0 aliphatic rings. The Morgan fingerprint density at radius 1 is 1.00 bits per heavy atom. The molecule has 0 bridgehead atoms. The summed E-state index contributed by atoms with van der Waals surface area (Å²) in [5, 5.41) is 1.95. The van der Waals surface area contributed by atoms with Crippen molar-refractivity contribution in [2.75, 3.05) is 5.33 Å². The van der Waals surface area contributed by atoms with E-state index in [0.717, 1.165) is 22.7 Å². The molecule has 0 aliphatic heterocycles. The standard InChI is InChI=1S/C19H30BrCl/c1-2-3-4-5-6-7-8-9-11-18(16-20)14-17-12-10-13-19(21)15-17/h10,12-13,15,18H,2-9,11,14,16H2,1H3. The van der Waals surface area contributed by atoms with Crippen molar-refractivity contribution in [3.8, 4) is 0 Å². The molecule has 0 aliphatic carbocycles. The van der Waals surface area contributed by atoms with Crippen LogP contribution in [0.1, 0.15) is 70.3 Å². The molecule has 1 atom stereocenters. The van der Waals surface area contributed by atoms with Gasteiger partial charge in [0, 0.05) is 10.4 Å². The fourth-order valence-electron chi connectivity index (χ4n) is 2.80. The molecule has 1 aromatic carbocycles. The number of alkyl halides is 1. The van der Waals surface area contributed by atoms with Gasteiger partial charge in [0.15, 0.2) is 0 Å². The van der Waals surface area contributed by atoms with Crippen LogP contribution in [0.15, 0.2) is 24.3 Å². The maximum Gasteiger partial charge on any atom is 0.0408 e. The molecule has 1 aromatic rings. The number of benzene rings is 1. The molecule has 0 saturated heterocycles. The largest absolute Gasteiger partial charge is 0.0925 e. The Morgan fingerprint density at radius 2 is 1.67 bits per heavy atom. The Labute approximate surface area is 144 Å². The quantitative estimate of drug-likeness (QED) is 0.264. The molecule has 2 heteroatoms. The third-order valence-corrected chi connectivity index (χ3v) is 5.25. The Morgan fingerprint density at radius 3 is 2.29 bits per heavy atom. The normalized spacial score (nSPS) is 12.5. The summed E-state index contributed by atoms with van der Waals surface area (Å²) in [7, 11) is 0. The minimum absolute atomic E-state index is 0.739. The van der Waals surface area contributed by atoms with E-state index in [1.807, 2.05) is 6.07 Å². The molecule has 0 saturated carbocycles. The summed E-state index contributed by atoms with van der Waals surface area (Å²) in [6.45, 7) is 2.28. The highest BCUT2D eigenvalue weighted by Crippen LogP contribution is 2.21. The minimum atomic E-state index is 0.739. The molecule has 0 spiro atoms. The minimum Gasteiger partial charge on any atom is -0.0925 e. The third-order valence-electron chi connectivity index (χ3n) is 4.10. The van der Waals surface area contributed by atoms with Crippen molar-refractivity contribution in [3.63, 3.8) is 0 Å². The Bertz CT molecular complexity index is 364. The zero-order valence-corrected chi connectivity index (χ0v) is 15.8. The Kier molecular flexibility index (Phi) is 11.4. The predicted molar refractivity (Wildman–Crippen MR) is 99.7 cm³/mol. The molecule has 0 nitrogen and oxygen atoms in total. The first-order valence-corrected chi connectivity index (χ1v) is 10.1. The smallest absolute Gasteiger partial charge is 0.0408 e. The highest BCUT2D eigenvalue weighted by molar-refractivity contribution is 9.09. The van der Waals surface area contributed by atoms with Gasteiger partial charge >= 0.3 is 0 Å². The molecule has 0 fully saturated rings. The van der Waals surface area contributed by atoms with Crippen molar-refractivity contribution >= 4 is 27.5 Å². The van der Waals surface area contributed by atoms with Crippen LogP contribution >= 0.6 is 27.5 Å². The van der Waals surface area contributed by atoms with Gasteiger partial charge < -0.3 is 0 Å². The van der Waals surface area contributed by atoms with E-state index in [2.05, 4.69) is 41.1 Å². The summed E-state index contributed by atoms with van der Waals surface area (Å²) < 4.78 is 0. The third kappa shape index (κ3) is 9.58. The van der Waals surface area contributed by atoms with Crippen LogP contribution in [-0.2, 0) is 6.42 Å². The van der Waals surface area contributed by atoms with E-state index < -0.39 is 0 Å². The number of halogens is 2. The summed E-state index contributed by atoms with van der Waals surface area (Å²) in [5.41, 5.74) is 1.37. The van der Waals surface area contributed by atoms with E-state index in [1.165, 1.54) is 63.4 Å². The van der Waals surface area contributed by atoms with E-state index in [1.54, 1.807) is 0 Å². The van der Waals surface area contributed by atoms with E-state index in [4.69, 9.17) is 11.6 Å². The fraction of sp³-hybridized carbons (Fsp3) is 0.684. The van der Waals surface area contributed by atoms with Crippen molar-refractivity contribution < 1.29 is 0 Å². The van der Waals surface area contributed by atoms with Gasteiger partial charge in [-0.1, -0.05) is 98.0 Å². The summed E-state index contributed by atoms with van der Waals surface area (Å²) in [5.74, 6) is 0.739. The lowest BCUT2D eigenvalue weighted by Crippen LogP contribution is -2.06. The van der Waals surface area contributed by atoms with E-state index in [-0.39, 0.29) is 0 Å². The second kappa shape index (κ2) is 12.5. The van der Waals surface area contributed by atoms with Gasteiger partial charge in [-0.3, -0.25) is 0 Å². The number of hydrogen-bond acceptors (Lipinski definition) is 0. The average Bonchev–Trinajstić information content (AvgIpc) is 2.48. The van der Waals surface area contributed by atoms with Crippen LogP contribution in [0.3, 0.4) is 0 Å². The van der Waals surface area contributed by atoms with Gasteiger partial charge in [0.25, 0.3) is 0 Å². The molecular formula is C19H30BrCl. The summed E-state index contributed by atoms with van der Waals surface area (Å²) in [6.07, 6.45) is 13.7. The zero-order chi connectivity index (χ0) is 15.3. The topological polar surface area (TPSA) is 0 Å². The first-order chi connectivity index (χ1) is 10.3. The lowest BCUT2D eigenvalue weighted by atomic mass is 9.95. The van der Waals surface area contributed by atoms with Crippen LogP contribution in [0.5, 0.6) is 0 Å². The van der Waals surface area contributed by atoms with Crippen LogP contribution in [0.2, 0.25) is 5.02 Å². The van der Waals surface area contributed by atoms with Crippen molar-refractivity contribution in [3.05, 3.63) is 34.9 Å². The second-order valence-corrected chi connectivity index (χ2v) is 7.20. The zero-order valence-electron chi connectivity index (χ0n) is 13.4. The van der Waals surface area contributed by atoms with Crippen molar-refractivity contribution in [2.24, 2.45) is 5.92 Å². The second-order valence-electron chi connectivity index (χ2n) is 6.12. The van der Waals surface area contributed by atoms with Crippen molar-refractivity contribution in [1.82, 2.24) is 0 Å². The number of unbranched alkanes of at least 4 members (excludes halogenated alkanes) is 7. The predicted octanol–water partition coefficient (Wildman–Crippen LogP) is 7.42. The summed E-state index contributed by atoms with van der Waals surface area (Å²) >= 11 is 9.73. The SMILES string of the molecule is CCCCCCCCCCC(CBr)Cc1cccc(Cl)c1. The van der Waals surface area contributed by atoms with Crippen LogP contribution < -0.4 is 0 Å². The summed E-state index contributed by atoms with van der Waals surface area (Å²) in [6, 6.07) is 8.30. The van der Waals surface area contributed by atoms with Crippen LogP contribution in [0, 0.1) is 5.92 Å². The number of rotatable bonds is 12. The average molecular weight is 374 g/mol. The monoisotopic (exact) mass is 372 g/mol. The lowest BCUT2D eigenvalue weighted by Gasteiger charge is -2.14. The Balaban J connectivity index is 2.11. The first-order valence-electron chi connectivity index (χ1n) is 8.56. The molecular weight excluding hydrogens is 344 g/mol. The molecule has 21 heavy (non-hydrogen) atoms. The van der Waals surface area contributed by atoms with Gasteiger partial charge in [0.1, 0.15) is 0 Å². The number of hydrogen-bond donors (Lipinski definition) is 0. The fourth-order valence-corrected chi connectivity index (χ4v) is 3.56. The highest BCUT2D eigenvalue weighted by Gasteiger charge is 2.08. The molecule has 0 heterocycles. The maximum atomic E-state index is 6.06. The Hall–Kier alpha value is -0.0100. The molecule has 0 radical (unpaired) electrons. The molecule has 0 amide bonds. The van der Waals surface area contributed by atoms with Crippen LogP contribution in [0.25, 0.3) is 0 Å². The van der Waals surface area contributed by atoms with Gasteiger partial charge in [0.2, 0.25) is 0 Å². The lowest BCUT2D eigenvalue weighted by molar-refractivity contribution is 0.486. The first kappa shape index (κ1) is 19.0. The van der Waals surface area contributed by atoms with Crippen LogP contribution in [0.4, 0.5) is 0 Å². The van der Waals surface area contributed by atoms with Crippen LogP contribution in [-0.4, -0.2) is 5.33 Å². The van der Waals surface area contributed by atoms with Gasteiger partial charge in [0.05, 0.1) is 0 Å². The van der Waals surface area contributed by atoms with Crippen molar-refractivity contribution in [2.45, 2.75) is 71.1 Å². The molecule has 0 N–H and O–H groups in total. The van der Waals surface area contributed by atoms with Crippen molar-refractivity contribution in [1.29, 1.82) is 0 Å². The van der Waals surface area contributed by atoms with Gasteiger partial charge in [-0.25, -0.2) is 0 Å². The molecule has 120 valence electrons.